The number of halogens is 1. The first-order valence-corrected chi connectivity index (χ1v) is 10.3. The highest BCUT2D eigenvalue weighted by Crippen LogP contribution is 2.18. The lowest BCUT2D eigenvalue weighted by atomic mass is 10.0. The van der Waals surface area contributed by atoms with Gasteiger partial charge in [-0.3, -0.25) is 25.2 Å². The SMILES string of the molecule is CC(C)[C@H](NC(=O)c1ccc(F)cc1)C(=O)NNC(=O)[C@@H]1CCS(=O)(=O)C1. The molecule has 3 amide bonds. The molecule has 1 fully saturated rings. The van der Waals surface area contributed by atoms with Gasteiger partial charge in [-0.1, -0.05) is 13.8 Å². The Hall–Kier alpha value is -2.49. The Morgan fingerprint density at radius 1 is 1.11 bits per heavy atom. The van der Waals surface area contributed by atoms with Gasteiger partial charge in [0.1, 0.15) is 11.9 Å². The standard InChI is InChI=1S/C17H22FN3O5S/c1-10(2)14(19-15(22)11-3-5-13(18)6-4-11)17(24)21-20-16(23)12-7-8-27(25,26)9-12/h3-6,10,12,14H,7-9H2,1-2H3,(H,19,22)(H,20,23)(H,21,24)/t12-,14+/m1/s1. The van der Waals surface area contributed by atoms with E-state index in [0.717, 1.165) is 12.1 Å². The number of rotatable bonds is 5. The fourth-order valence-corrected chi connectivity index (χ4v) is 4.41. The molecule has 0 saturated carbocycles. The minimum Gasteiger partial charge on any atom is -0.340 e. The minimum absolute atomic E-state index is 0.0542. The van der Waals surface area contributed by atoms with E-state index in [1.807, 2.05) is 0 Å². The number of hydrogen-bond acceptors (Lipinski definition) is 5. The predicted molar refractivity (Wildman–Crippen MR) is 95.5 cm³/mol. The summed E-state index contributed by atoms with van der Waals surface area (Å²) in [5.41, 5.74) is 4.63. The van der Waals surface area contributed by atoms with Gasteiger partial charge >= 0.3 is 0 Å². The van der Waals surface area contributed by atoms with Crippen molar-refractivity contribution in [2.45, 2.75) is 26.3 Å². The van der Waals surface area contributed by atoms with Crippen LogP contribution in [0.4, 0.5) is 4.39 Å². The first kappa shape index (κ1) is 20.8. The van der Waals surface area contributed by atoms with Crippen LogP contribution in [0.25, 0.3) is 0 Å². The van der Waals surface area contributed by atoms with E-state index in [-0.39, 0.29) is 29.4 Å². The molecule has 0 spiro atoms. The number of nitrogens with one attached hydrogen (secondary N) is 3. The summed E-state index contributed by atoms with van der Waals surface area (Å²) in [5, 5.41) is 2.54. The van der Waals surface area contributed by atoms with Crippen LogP contribution >= 0.6 is 0 Å². The fraction of sp³-hybridized carbons (Fsp3) is 0.471. The summed E-state index contributed by atoms with van der Waals surface area (Å²) in [6.45, 7) is 3.42. The van der Waals surface area contributed by atoms with Gasteiger partial charge < -0.3 is 5.32 Å². The Balaban J connectivity index is 1.93. The normalized spacial score (nSPS) is 19.3. The summed E-state index contributed by atoms with van der Waals surface area (Å²) in [4.78, 5) is 36.6. The largest absolute Gasteiger partial charge is 0.340 e. The average Bonchev–Trinajstić information content (AvgIpc) is 2.97. The highest BCUT2D eigenvalue weighted by atomic mass is 32.2. The lowest BCUT2D eigenvalue weighted by molar-refractivity contribution is -0.132. The second-order valence-electron chi connectivity index (χ2n) is 6.78. The van der Waals surface area contributed by atoms with Crippen molar-refractivity contribution in [3.63, 3.8) is 0 Å². The Labute approximate surface area is 156 Å². The molecule has 1 aliphatic rings. The van der Waals surface area contributed by atoms with Crippen molar-refractivity contribution in [1.82, 2.24) is 16.2 Å². The summed E-state index contributed by atoms with van der Waals surface area (Å²) in [7, 11) is -3.22. The van der Waals surface area contributed by atoms with Gasteiger partial charge in [0.15, 0.2) is 9.84 Å². The second kappa shape index (κ2) is 8.47. The Kier molecular flexibility index (Phi) is 6.53. The fourth-order valence-electron chi connectivity index (χ4n) is 2.67. The van der Waals surface area contributed by atoms with Crippen molar-refractivity contribution in [1.29, 1.82) is 0 Å². The van der Waals surface area contributed by atoms with Crippen LogP contribution in [0.1, 0.15) is 30.6 Å². The van der Waals surface area contributed by atoms with E-state index in [1.54, 1.807) is 13.8 Å². The maximum absolute atomic E-state index is 12.9. The average molecular weight is 399 g/mol. The summed E-state index contributed by atoms with van der Waals surface area (Å²) >= 11 is 0. The van der Waals surface area contributed by atoms with Crippen molar-refractivity contribution in [2.75, 3.05) is 11.5 Å². The molecule has 1 aromatic carbocycles. The Morgan fingerprint density at radius 3 is 2.26 bits per heavy atom. The number of sulfone groups is 1. The molecule has 3 N–H and O–H groups in total. The van der Waals surface area contributed by atoms with Crippen LogP contribution in [0.2, 0.25) is 0 Å². The monoisotopic (exact) mass is 399 g/mol. The van der Waals surface area contributed by atoms with E-state index in [1.165, 1.54) is 12.1 Å². The number of hydrogen-bond donors (Lipinski definition) is 3. The third-order valence-corrected chi connectivity index (χ3v) is 6.02. The molecule has 0 aromatic heterocycles. The number of carbonyl (C=O) groups excluding carboxylic acids is 3. The number of benzene rings is 1. The van der Waals surface area contributed by atoms with Gasteiger partial charge in [0.05, 0.1) is 17.4 Å². The molecule has 0 radical (unpaired) electrons. The number of amides is 3. The van der Waals surface area contributed by atoms with E-state index in [0.29, 0.717) is 0 Å². The molecule has 0 aliphatic carbocycles. The molecule has 10 heteroatoms. The van der Waals surface area contributed by atoms with Crippen LogP contribution in [0.5, 0.6) is 0 Å². The molecule has 0 bridgehead atoms. The van der Waals surface area contributed by atoms with Gasteiger partial charge in [-0.2, -0.15) is 0 Å². The lowest BCUT2D eigenvalue weighted by Gasteiger charge is -2.22. The van der Waals surface area contributed by atoms with Gasteiger partial charge in [0.25, 0.3) is 11.8 Å². The molecule has 1 aliphatic heterocycles. The topological polar surface area (TPSA) is 121 Å². The molecular weight excluding hydrogens is 377 g/mol. The molecule has 1 saturated heterocycles. The van der Waals surface area contributed by atoms with Crippen LogP contribution in [-0.2, 0) is 19.4 Å². The van der Waals surface area contributed by atoms with Crippen molar-refractivity contribution >= 4 is 27.6 Å². The molecule has 148 valence electrons. The lowest BCUT2D eigenvalue weighted by Crippen LogP contribution is -2.55. The van der Waals surface area contributed by atoms with E-state index in [9.17, 15) is 27.2 Å². The third kappa shape index (κ3) is 5.75. The summed E-state index contributed by atoms with van der Waals surface area (Å²) in [5.74, 6) is -3.57. The van der Waals surface area contributed by atoms with Crippen LogP contribution in [0, 0.1) is 17.7 Å². The molecule has 1 heterocycles. The molecular formula is C17H22FN3O5S. The van der Waals surface area contributed by atoms with Gasteiger partial charge in [-0.15, -0.1) is 0 Å². The van der Waals surface area contributed by atoms with Crippen molar-refractivity contribution < 1.29 is 27.2 Å². The molecule has 1 aromatic rings. The van der Waals surface area contributed by atoms with E-state index < -0.39 is 45.3 Å². The van der Waals surface area contributed by atoms with Crippen LogP contribution in [-0.4, -0.2) is 43.7 Å². The summed E-state index contributed by atoms with van der Waals surface area (Å²) in [6.07, 6.45) is 0.207. The van der Waals surface area contributed by atoms with Crippen LogP contribution in [0.15, 0.2) is 24.3 Å². The molecule has 0 unspecified atom stereocenters. The van der Waals surface area contributed by atoms with Gasteiger partial charge in [-0.05, 0) is 36.6 Å². The second-order valence-corrected chi connectivity index (χ2v) is 9.01. The number of carbonyl (C=O) groups is 3. The summed E-state index contributed by atoms with van der Waals surface area (Å²) < 4.78 is 35.8. The van der Waals surface area contributed by atoms with Crippen LogP contribution in [0.3, 0.4) is 0 Å². The zero-order valence-electron chi connectivity index (χ0n) is 15.0. The van der Waals surface area contributed by atoms with Crippen molar-refractivity contribution in [2.24, 2.45) is 11.8 Å². The smallest absolute Gasteiger partial charge is 0.261 e. The molecule has 2 rings (SSSR count). The van der Waals surface area contributed by atoms with Crippen LogP contribution < -0.4 is 16.2 Å². The van der Waals surface area contributed by atoms with Gasteiger partial charge in [0.2, 0.25) is 5.91 Å². The molecule has 2 atom stereocenters. The van der Waals surface area contributed by atoms with Gasteiger partial charge in [-0.25, -0.2) is 12.8 Å². The quantitative estimate of drug-likeness (QED) is 0.609. The van der Waals surface area contributed by atoms with Gasteiger partial charge in [0, 0.05) is 5.56 Å². The maximum Gasteiger partial charge on any atom is 0.261 e. The highest BCUT2D eigenvalue weighted by molar-refractivity contribution is 7.91. The first-order valence-electron chi connectivity index (χ1n) is 8.45. The van der Waals surface area contributed by atoms with Crippen molar-refractivity contribution in [3.05, 3.63) is 35.6 Å². The number of hydrazine groups is 1. The zero-order valence-corrected chi connectivity index (χ0v) is 15.8. The molecule has 27 heavy (non-hydrogen) atoms. The Bertz CT molecular complexity index is 823. The third-order valence-electron chi connectivity index (χ3n) is 4.25. The van der Waals surface area contributed by atoms with E-state index in [4.69, 9.17) is 0 Å². The zero-order chi connectivity index (χ0) is 20.2. The predicted octanol–water partition coefficient (Wildman–Crippen LogP) is 0.162. The Morgan fingerprint density at radius 2 is 1.74 bits per heavy atom. The maximum atomic E-state index is 12.9. The first-order chi connectivity index (χ1) is 12.6. The highest BCUT2D eigenvalue weighted by Gasteiger charge is 2.33. The van der Waals surface area contributed by atoms with E-state index >= 15 is 0 Å². The summed E-state index contributed by atoms with van der Waals surface area (Å²) in [6, 6.07) is 3.91. The minimum atomic E-state index is -3.22. The molecule has 8 nitrogen and oxygen atoms in total. The van der Waals surface area contributed by atoms with E-state index in [2.05, 4.69) is 16.2 Å². The van der Waals surface area contributed by atoms with Crippen molar-refractivity contribution in [3.8, 4) is 0 Å².